The van der Waals surface area contributed by atoms with Crippen molar-refractivity contribution in [2.24, 2.45) is 0 Å². The molecule has 4 heteroatoms. The summed E-state index contributed by atoms with van der Waals surface area (Å²) in [7, 11) is 0. The molecule has 0 bridgehead atoms. The van der Waals surface area contributed by atoms with Crippen LogP contribution >= 0.6 is 0 Å². The van der Waals surface area contributed by atoms with Gasteiger partial charge in [0, 0.05) is 0 Å². The number of hydrogen-bond acceptors (Lipinski definition) is 4. The minimum absolute atomic E-state index is 0.0262. The van der Waals surface area contributed by atoms with Crippen molar-refractivity contribution >= 4 is 11.9 Å². The van der Waals surface area contributed by atoms with E-state index in [0.717, 1.165) is 0 Å². The van der Waals surface area contributed by atoms with E-state index in [4.69, 9.17) is 4.74 Å². The van der Waals surface area contributed by atoms with Gasteiger partial charge in [-0.25, -0.2) is 9.59 Å². The zero-order valence-electron chi connectivity index (χ0n) is 11.6. The third-order valence-electron chi connectivity index (χ3n) is 1.47. The molecule has 0 spiro atoms. The van der Waals surface area contributed by atoms with Gasteiger partial charge in [0.1, 0.15) is 6.61 Å². The second kappa shape index (κ2) is 11.6. The van der Waals surface area contributed by atoms with Gasteiger partial charge >= 0.3 is 11.9 Å². The molecule has 0 saturated carbocycles. The summed E-state index contributed by atoms with van der Waals surface area (Å²) in [6, 6.07) is 0. The second-order valence-corrected chi connectivity index (χ2v) is 3.21. The fourth-order valence-corrected chi connectivity index (χ4v) is 0.796. The van der Waals surface area contributed by atoms with Crippen LogP contribution in [-0.2, 0) is 19.1 Å². The largest absolute Gasteiger partial charge is 0.455 e. The highest BCUT2D eigenvalue weighted by Crippen LogP contribution is 1.99. The van der Waals surface area contributed by atoms with E-state index >= 15 is 0 Å². The first kappa shape index (κ1) is 18.5. The van der Waals surface area contributed by atoms with E-state index in [1.807, 2.05) is 13.8 Å². The SMILES string of the molecule is C=C/C=C(\C=C)COC(=O)C(=O)OC(C)C.CC. The van der Waals surface area contributed by atoms with Crippen LogP contribution in [0.4, 0.5) is 0 Å². The minimum atomic E-state index is -1.01. The molecular formula is C14H22O4. The quantitative estimate of drug-likeness (QED) is 0.430. The Labute approximate surface area is 109 Å². The summed E-state index contributed by atoms with van der Waals surface area (Å²) in [6.45, 7) is 14.3. The van der Waals surface area contributed by atoms with E-state index in [2.05, 4.69) is 17.9 Å². The number of esters is 2. The smallest absolute Gasteiger partial charge is 0.417 e. The molecule has 102 valence electrons. The van der Waals surface area contributed by atoms with Crippen molar-refractivity contribution in [1.29, 1.82) is 0 Å². The van der Waals surface area contributed by atoms with Gasteiger partial charge in [-0.15, -0.1) is 0 Å². The first-order chi connectivity index (χ1) is 8.51. The van der Waals surface area contributed by atoms with Crippen LogP contribution in [-0.4, -0.2) is 24.6 Å². The molecule has 0 saturated heterocycles. The highest BCUT2D eigenvalue weighted by atomic mass is 16.6. The van der Waals surface area contributed by atoms with E-state index in [1.165, 1.54) is 12.2 Å². The van der Waals surface area contributed by atoms with Gasteiger partial charge in [0.15, 0.2) is 0 Å². The first-order valence-corrected chi connectivity index (χ1v) is 5.83. The third kappa shape index (κ3) is 9.39. The summed E-state index contributed by atoms with van der Waals surface area (Å²) in [5.41, 5.74) is 0.653. The van der Waals surface area contributed by atoms with E-state index in [1.54, 1.807) is 19.9 Å². The molecule has 0 fully saturated rings. The highest BCUT2D eigenvalue weighted by Gasteiger charge is 2.18. The van der Waals surface area contributed by atoms with Gasteiger partial charge < -0.3 is 9.47 Å². The molecule has 18 heavy (non-hydrogen) atoms. The molecule has 0 aliphatic heterocycles. The van der Waals surface area contributed by atoms with E-state index in [9.17, 15) is 9.59 Å². The lowest BCUT2D eigenvalue weighted by Crippen LogP contribution is -2.23. The van der Waals surface area contributed by atoms with Crippen LogP contribution < -0.4 is 0 Å². The predicted molar refractivity (Wildman–Crippen MR) is 72.0 cm³/mol. The van der Waals surface area contributed by atoms with E-state index < -0.39 is 11.9 Å². The number of hydrogen-bond donors (Lipinski definition) is 0. The van der Waals surface area contributed by atoms with E-state index in [0.29, 0.717) is 5.57 Å². The van der Waals surface area contributed by atoms with Gasteiger partial charge in [-0.2, -0.15) is 0 Å². The van der Waals surface area contributed by atoms with Gasteiger partial charge in [0.2, 0.25) is 0 Å². The van der Waals surface area contributed by atoms with Crippen molar-refractivity contribution in [3.05, 3.63) is 37.0 Å². The van der Waals surface area contributed by atoms with Crippen molar-refractivity contribution in [1.82, 2.24) is 0 Å². The summed E-state index contributed by atoms with van der Waals surface area (Å²) in [5, 5.41) is 0. The van der Waals surface area contributed by atoms with Gasteiger partial charge in [0.05, 0.1) is 6.10 Å². The van der Waals surface area contributed by atoms with Crippen molar-refractivity contribution < 1.29 is 19.1 Å². The Hall–Kier alpha value is -1.84. The normalized spacial score (nSPS) is 9.94. The fraction of sp³-hybridized carbons (Fsp3) is 0.429. The van der Waals surface area contributed by atoms with Gasteiger partial charge in [0.25, 0.3) is 0 Å². The topological polar surface area (TPSA) is 52.6 Å². The Morgan fingerprint density at radius 1 is 1.17 bits per heavy atom. The molecule has 0 heterocycles. The summed E-state index contributed by atoms with van der Waals surface area (Å²) >= 11 is 0. The second-order valence-electron chi connectivity index (χ2n) is 3.21. The van der Waals surface area contributed by atoms with Crippen LogP contribution in [0.5, 0.6) is 0 Å². The van der Waals surface area contributed by atoms with Gasteiger partial charge in [-0.3, -0.25) is 0 Å². The van der Waals surface area contributed by atoms with Crippen LogP contribution in [0.3, 0.4) is 0 Å². The first-order valence-electron chi connectivity index (χ1n) is 5.83. The molecule has 0 N–H and O–H groups in total. The number of rotatable bonds is 5. The molecule has 0 amide bonds. The van der Waals surface area contributed by atoms with Crippen LogP contribution in [0.1, 0.15) is 27.7 Å². The Morgan fingerprint density at radius 3 is 2.11 bits per heavy atom. The molecule has 4 nitrogen and oxygen atoms in total. The maximum Gasteiger partial charge on any atom is 0.417 e. The molecule has 0 unspecified atom stereocenters. The van der Waals surface area contributed by atoms with Crippen molar-refractivity contribution in [2.75, 3.05) is 6.61 Å². The Balaban J connectivity index is 0. The maximum atomic E-state index is 11.1. The molecule has 0 aliphatic carbocycles. The molecule has 0 aromatic carbocycles. The molecule has 0 radical (unpaired) electrons. The summed E-state index contributed by atoms with van der Waals surface area (Å²) in [4.78, 5) is 22.2. The highest BCUT2D eigenvalue weighted by molar-refractivity contribution is 6.29. The Bertz CT molecular complexity index is 314. The Kier molecular flexibility index (Phi) is 12.0. The fourth-order valence-electron chi connectivity index (χ4n) is 0.796. The average Bonchev–Trinajstić information content (AvgIpc) is 2.35. The monoisotopic (exact) mass is 254 g/mol. The summed E-state index contributed by atoms with van der Waals surface area (Å²) in [5.74, 6) is -2.00. The number of carbonyl (C=O) groups excluding carboxylic acids is 2. The number of ether oxygens (including phenoxy) is 2. The summed E-state index contributed by atoms with van der Waals surface area (Å²) < 4.78 is 9.37. The predicted octanol–water partition coefficient (Wildman–Crippen LogP) is 2.81. The summed E-state index contributed by atoms with van der Waals surface area (Å²) in [6.07, 6.45) is 4.34. The molecule has 0 rings (SSSR count). The zero-order chi connectivity index (χ0) is 14.6. The average molecular weight is 254 g/mol. The Morgan fingerprint density at radius 2 is 1.72 bits per heavy atom. The molecule has 0 aromatic rings. The maximum absolute atomic E-state index is 11.1. The molecular weight excluding hydrogens is 232 g/mol. The molecule has 0 aromatic heterocycles. The van der Waals surface area contributed by atoms with Gasteiger partial charge in [-0.1, -0.05) is 45.2 Å². The van der Waals surface area contributed by atoms with E-state index in [-0.39, 0.29) is 12.7 Å². The number of allylic oxidation sites excluding steroid dienone is 2. The minimum Gasteiger partial charge on any atom is -0.455 e. The van der Waals surface area contributed by atoms with Crippen molar-refractivity contribution in [2.45, 2.75) is 33.8 Å². The van der Waals surface area contributed by atoms with Crippen LogP contribution in [0, 0.1) is 0 Å². The third-order valence-corrected chi connectivity index (χ3v) is 1.47. The standard InChI is InChI=1S/C12H16O4.C2H6/c1-5-7-10(6-2)8-15-11(13)12(14)16-9(3)4;1-2/h5-7,9H,1-2,8H2,3-4H3;1-2H3/b10-7+;. The lowest BCUT2D eigenvalue weighted by molar-refractivity contribution is -0.169. The van der Waals surface area contributed by atoms with Crippen LogP contribution in [0.2, 0.25) is 0 Å². The van der Waals surface area contributed by atoms with Gasteiger partial charge in [-0.05, 0) is 19.4 Å². The number of carbonyl (C=O) groups is 2. The zero-order valence-corrected chi connectivity index (χ0v) is 11.6. The van der Waals surface area contributed by atoms with Crippen LogP contribution in [0.15, 0.2) is 37.0 Å². The lowest BCUT2D eigenvalue weighted by Gasteiger charge is -2.07. The lowest BCUT2D eigenvalue weighted by atomic mass is 10.2. The molecule has 0 aliphatic rings. The van der Waals surface area contributed by atoms with Crippen LogP contribution in [0.25, 0.3) is 0 Å². The molecule has 0 atom stereocenters. The van der Waals surface area contributed by atoms with Crippen molar-refractivity contribution in [3.63, 3.8) is 0 Å². The van der Waals surface area contributed by atoms with Crippen molar-refractivity contribution in [3.8, 4) is 0 Å².